The Labute approximate surface area is 124 Å². The number of aromatic nitrogens is 1. The summed E-state index contributed by atoms with van der Waals surface area (Å²) in [6.45, 7) is 0. The minimum Gasteiger partial charge on any atom is -0.476 e. The summed E-state index contributed by atoms with van der Waals surface area (Å²) in [5, 5.41) is 12.4. The molecule has 1 fully saturated rings. The number of rotatable bonds is 3. The normalized spacial score (nSPS) is 15.7. The van der Waals surface area contributed by atoms with E-state index in [1.165, 1.54) is 37.3 Å². The maximum Gasteiger partial charge on any atom is 0.358 e. The van der Waals surface area contributed by atoms with Gasteiger partial charge in [-0.1, -0.05) is 46.1 Å². The highest BCUT2D eigenvalue weighted by molar-refractivity contribution is 9.10. The van der Waals surface area contributed by atoms with E-state index in [0.29, 0.717) is 11.7 Å². The second kappa shape index (κ2) is 5.40. The van der Waals surface area contributed by atoms with Crippen LogP contribution >= 0.6 is 15.9 Å². The predicted octanol–water partition coefficient (Wildman–Crippen LogP) is 4.46. The quantitative estimate of drug-likeness (QED) is 0.899. The Morgan fingerprint density at radius 1 is 1.30 bits per heavy atom. The first-order chi connectivity index (χ1) is 9.65. The lowest BCUT2D eigenvalue weighted by Gasteiger charge is -2.12. The van der Waals surface area contributed by atoms with Crippen LogP contribution in [-0.2, 0) is 0 Å². The van der Waals surface area contributed by atoms with E-state index in [0.717, 1.165) is 10.0 Å². The van der Waals surface area contributed by atoms with Gasteiger partial charge >= 0.3 is 5.97 Å². The van der Waals surface area contributed by atoms with Crippen molar-refractivity contribution >= 4 is 21.9 Å². The lowest BCUT2D eigenvalue weighted by molar-refractivity contribution is 0.0686. The molecule has 0 atom stereocenters. The van der Waals surface area contributed by atoms with Gasteiger partial charge in [-0.25, -0.2) is 4.79 Å². The molecule has 0 spiro atoms. The Bertz CT molecular complexity index is 644. The number of nitrogens with zero attached hydrogens (tertiary/aromatic N) is 1. The lowest BCUT2D eigenvalue weighted by Crippen LogP contribution is -1.94. The van der Waals surface area contributed by atoms with Gasteiger partial charge < -0.3 is 9.63 Å². The van der Waals surface area contributed by atoms with E-state index < -0.39 is 5.97 Å². The topological polar surface area (TPSA) is 63.3 Å². The highest BCUT2D eigenvalue weighted by Crippen LogP contribution is 2.39. The molecule has 1 aromatic heterocycles. The second-order valence-electron chi connectivity index (χ2n) is 5.10. The van der Waals surface area contributed by atoms with E-state index in [1.54, 1.807) is 0 Å². The van der Waals surface area contributed by atoms with Gasteiger partial charge in [0.25, 0.3) is 0 Å². The molecule has 0 radical (unpaired) electrons. The summed E-state index contributed by atoms with van der Waals surface area (Å²) in [5.74, 6) is 0.0189. The second-order valence-corrected chi connectivity index (χ2v) is 5.95. The van der Waals surface area contributed by atoms with E-state index in [4.69, 9.17) is 9.63 Å². The zero-order valence-corrected chi connectivity index (χ0v) is 12.4. The third kappa shape index (κ3) is 2.50. The van der Waals surface area contributed by atoms with Gasteiger partial charge in [0.2, 0.25) is 0 Å². The summed E-state index contributed by atoms with van der Waals surface area (Å²) < 4.78 is 6.13. The van der Waals surface area contributed by atoms with Crippen molar-refractivity contribution in [1.29, 1.82) is 0 Å². The fourth-order valence-corrected chi connectivity index (χ4v) is 3.46. The first-order valence-electron chi connectivity index (χ1n) is 6.65. The summed E-state index contributed by atoms with van der Waals surface area (Å²) in [5.41, 5.74) is 2.08. The van der Waals surface area contributed by atoms with Crippen LogP contribution < -0.4 is 0 Å². The number of carboxylic acid groups (broad SMARTS) is 1. The molecule has 0 unspecified atom stereocenters. The van der Waals surface area contributed by atoms with E-state index in [2.05, 4.69) is 27.2 Å². The van der Waals surface area contributed by atoms with Crippen molar-refractivity contribution in [3.05, 3.63) is 40.0 Å². The van der Waals surface area contributed by atoms with Crippen molar-refractivity contribution in [2.45, 2.75) is 31.6 Å². The number of aromatic carboxylic acids is 1. The molecule has 0 saturated heterocycles. The summed E-state index contributed by atoms with van der Waals surface area (Å²) >= 11 is 3.61. The van der Waals surface area contributed by atoms with E-state index in [9.17, 15) is 4.79 Å². The van der Waals surface area contributed by atoms with Crippen LogP contribution in [0.2, 0.25) is 0 Å². The third-order valence-electron chi connectivity index (χ3n) is 3.81. The third-order valence-corrected chi connectivity index (χ3v) is 4.50. The Hall–Kier alpha value is -1.62. The van der Waals surface area contributed by atoms with Crippen LogP contribution in [0.25, 0.3) is 11.3 Å². The van der Waals surface area contributed by atoms with Crippen LogP contribution in [0, 0.1) is 0 Å². The molecule has 1 saturated carbocycles. The van der Waals surface area contributed by atoms with Crippen LogP contribution in [-0.4, -0.2) is 16.2 Å². The van der Waals surface area contributed by atoms with Gasteiger partial charge in [-0.2, -0.15) is 0 Å². The van der Waals surface area contributed by atoms with Crippen molar-refractivity contribution in [2.75, 3.05) is 0 Å². The fraction of sp³-hybridized carbons (Fsp3) is 0.333. The minimum atomic E-state index is -1.08. The predicted molar refractivity (Wildman–Crippen MR) is 77.8 cm³/mol. The van der Waals surface area contributed by atoms with E-state index in [-0.39, 0.29) is 5.69 Å². The highest BCUT2D eigenvalue weighted by Gasteiger charge is 2.20. The highest BCUT2D eigenvalue weighted by atomic mass is 79.9. The largest absolute Gasteiger partial charge is 0.476 e. The molecule has 1 aliphatic rings. The molecule has 5 heteroatoms. The molecule has 3 rings (SSSR count). The molecule has 0 amide bonds. The van der Waals surface area contributed by atoms with Gasteiger partial charge in [-0.3, -0.25) is 0 Å². The molecule has 1 aliphatic carbocycles. The SMILES string of the molecule is O=C(O)c1cc(-c2ccc(C3CCCC3)c(Br)c2)on1. The van der Waals surface area contributed by atoms with Gasteiger partial charge in [0.05, 0.1) is 0 Å². The van der Waals surface area contributed by atoms with Crippen LogP contribution in [0.1, 0.15) is 47.7 Å². The monoisotopic (exact) mass is 335 g/mol. The number of hydrogen-bond acceptors (Lipinski definition) is 3. The van der Waals surface area contributed by atoms with Gasteiger partial charge in [0.15, 0.2) is 11.5 Å². The summed E-state index contributed by atoms with van der Waals surface area (Å²) in [7, 11) is 0. The molecule has 2 aromatic rings. The minimum absolute atomic E-state index is 0.0732. The fourth-order valence-electron chi connectivity index (χ4n) is 2.76. The molecule has 1 aromatic carbocycles. The van der Waals surface area contributed by atoms with Crippen LogP contribution in [0.15, 0.2) is 33.3 Å². The smallest absolute Gasteiger partial charge is 0.358 e. The molecule has 0 bridgehead atoms. The zero-order chi connectivity index (χ0) is 14.1. The molecule has 1 N–H and O–H groups in total. The number of halogens is 1. The number of hydrogen-bond donors (Lipinski definition) is 1. The molecular weight excluding hydrogens is 322 g/mol. The maximum atomic E-state index is 10.8. The maximum absolute atomic E-state index is 10.8. The summed E-state index contributed by atoms with van der Waals surface area (Å²) in [6, 6.07) is 7.47. The van der Waals surface area contributed by atoms with E-state index in [1.807, 2.05) is 12.1 Å². The average Bonchev–Trinajstić information content (AvgIpc) is 3.10. The van der Waals surface area contributed by atoms with Crippen LogP contribution in [0.3, 0.4) is 0 Å². The van der Waals surface area contributed by atoms with Crippen LogP contribution in [0.4, 0.5) is 0 Å². The average molecular weight is 336 g/mol. The Morgan fingerprint density at radius 3 is 2.65 bits per heavy atom. The van der Waals surface area contributed by atoms with Crippen molar-refractivity contribution in [3.63, 3.8) is 0 Å². The molecule has 0 aliphatic heterocycles. The summed E-state index contributed by atoms with van der Waals surface area (Å²) in [6.07, 6.45) is 5.07. The van der Waals surface area contributed by atoms with Gasteiger partial charge in [0, 0.05) is 16.1 Å². The zero-order valence-electron chi connectivity index (χ0n) is 10.8. The molecular formula is C15H14BrNO3. The Kier molecular flexibility index (Phi) is 3.61. The number of benzene rings is 1. The standard InChI is InChI=1S/C15H14BrNO3/c16-12-7-10(14-8-13(15(18)19)17-20-14)5-6-11(12)9-3-1-2-4-9/h5-9H,1-4H2,(H,18,19). The summed E-state index contributed by atoms with van der Waals surface area (Å²) in [4.78, 5) is 10.8. The van der Waals surface area contributed by atoms with Gasteiger partial charge in [-0.15, -0.1) is 0 Å². The van der Waals surface area contributed by atoms with Crippen LogP contribution in [0.5, 0.6) is 0 Å². The Balaban J connectivity index is 1.90. The van der Waals surface area contributed by atoms with Crippen molar-refractivity contribution in [2.24, 2.45) is 0 Å². The van der Waals surface area contributed by atoms with E-state index >= 15 is 0 Å². The van der Waals surface area contributed by atoms with Crippen molar-refractivity contribution in [1.82, 2.24) is 5.16 Å². The molecule has 20 heavy (non-hydrogen) atoms. The first kappa shape index (κ1) is 13.4. The molecule has 104 valence electrons. The number of carboxylic acids is 1. The Morgan fingerprint density at radius 2 is 2.05 bits per heavy atom. The number of carbonyl (C=O) groups is 1. The lowest BCUT2D eigenvalue weighted by atomic mass is 9.96. The molecule has 4 nitrogen and oxygen atoms in total. The van der Waals surface area contributed by atoms with Crippen molar-refractivity contribution in [3.8, 4) is 11.3 Å². The molecule has 1 heterocycles. The van der Waals surface area contributed by atoms with Crippen molar-refractivity contribution < 1.29 is 14.4 Å². The van der Waals surface area contributed by atoms with Gasteiger partial charge in [0.1, 0.15) is 0 Å². The first-order valence-corrected chi connectivity index (χ1v) is 7.44. The van der Waals surface area contributed by atoms with Gasteiger partial charge in [-0.05, 0) is 30.4 Å².